The zero-order valence-electron chi connectivity index (χ0n) is 21.2. The molecule has 184 valence electrons. The summed E-state index contributed by atoms with van der Waals surface area (Å²) in [4.78, 5) is 2.42. The molecule has 39 heavy (non-hydrogen) atoms. The van der Waals surface area contributed by atoms with Crippen LogP contribution in [0.3, 0.4) is 0 Å². The lowest BCUT2D eigenvalue weighted by Crippen LogP contribution is -2.36. The van der Waals surface area contributed by atoms with Gasteiger partial charge in [0.05, 0.1) is 16.8 Å². The second kappa shape index (κ2) is 8.46. The minimum absolute atomic E-state index is 0.419. The lowest BCUT2D eigenvalue weighted by molar-refractivity contribution is 0.753. The molecule has 0 fully saturated rings. The summed E-state index contributed by atoms with van der Waals surface area (Å²) in [5, 5.41) is 0.741. The highest BCUT2D eigenvalue weighted by Crippen LogP contribution is 2.63. The second-order valence-corrected chi connectivity index (χ2v) is 10.7. The van der Waals surface area contributed by atoms with Crippen molar-refractivity contribution in [3.05, 3.63) is 173 Å². The van der Waals surface area contributed by atoms with Gasteiger partial charge in [-0.1, -0.05) is 121 Å². The van der Waals surface area contributed by atoms with Crippen LogP contribution in [0.15, 0.2) is 146 Å². The molecule has 0 bridgehead atoms. The van der Waals surface area contributed by atoms with Crippen molar-refractivity contribution < 1.29 is 0 Å². The fourth-order valence-corrected chi connectivity index (χ4v) is 7.00. The third kappa shape index (κ3) is 3.08. The number of nitrogens with zero attached hydrogens (tertiary/aromatic N) is 1. The first kappa shape index (κ1) is 22.4. The van der Waals surface area contributed by atoms with Crippen LogP contribution in [0.5, 0.6) is 0 Å². The van der Waals surface area contributed by atoms with Crippen LogP contribution in [0.4, 0.5) is 17.1 Å². The number of benzene rings is 6. The number of rotatable bonds is 2. The minimum Gasteiger partial charge on any atom is -0.310 e. The SMILES string of the molecule is Clc1cccc(-c2ccc3c(c2)N(c2ccccc2)c2ccccc2C32c3ccccc3-c3ccccc32)c1. The van der Waals surface area contributed by atoms with Crippen molar-refractivity contribution in [1.82, 2.24) is 0 Å². The molecule has 1 aliphatic heterocycles. The van der Waals surface area contributed by atoms with E-state index >= 15 is 0 Å². The van der Waals surface area contributed by atoms with Crippen molar-refractivity contribution in [2.75, 3.05) is 4.90 Å². The quantitative estimate of drug-likeness (QED) is 0.220. The molecule has 0 unspecified atom stereocenters. The number of halogens is 1. The molecule has 0 amide bonds. The van der Waals surface area contributed by atoms with Crippen LogP contribution in [-0.2, 0) is 5.41 Å². The van der Waals surface area contributed by atoms with E-state index in [2.05, 4.69) is 132 Å². The molecule has 0 radical (unpaired) electrons. The van der Waals surface area contributed by atoms with Gasteiger partial charge in [-0.25, -0.2) is 0 Å². The van der Waals surface area contributed by atoms with Gasteiger partial charge in [0.2, 0.25) is 0 Å². The van der Waals surface area contributed by atoms with Crippen LogP contribution in [0.2, 0.25) is 5.02 Å². The number of fused-ring (bicyclic) bond motifs is 9. The van der Waals surface area contributed by atoms with Gasteiger partial charge in [0.15, 0.2) is 0 Å². The standard InChI is InChI=1S/C37H24ClN/c38-27-12-10-11-25(23-27)26-21-22-34-36(24-26)39(28-13-2-1-3-14-28)35-20-9-8-19-33(35)37(34)31-17-6-4-15-29(31)30-16-5-7-18-32(30)37/h1-24H. The van der Waals surface area contributed by atoms with Crippen molar-refractivity contribution in [2.24, 2.45) is 0 Å². The monoisotopic (exact) mass is 517 g/mol. The number of para-hydroxylation sites is 2. The molecule has 1 heterocycles. The highest BCUT2D eigenvalue weighted by molar-refractivity contribution is 6.30. The Labute approximate surface area is 233 Å². The van der Waals surface area contributed by atoms with Crippen LogP contribution < -0.4 is 4.90 Å². The molecule has 2 heteroatoms. The molecule has 1 spiro atoms. The van der Waals surface area contributed by atoms with E-state index in [1.807, 2.05) is 18.2 Å². The average molecular weight is 518 g/mol. The van der Waals surface area contributed by atoms with Crippen molar-refractivity contribution >= 4 is 28.7 Å². The van der Waals surface area contributed by atoms with E-state index in [9.17, 15) is 0 Å². The fraction of sp³-hybridized carbons (Fsp3) is 0.0270. The molecule has 0 saturated heterocycles. The predicted octanol–water partition coefficient (Wildman–Crippen LogP) is 10.2. The van der Waals surface area contributed by atoms with E-state index in [-0.39, 0.29) is 0 Å². The van der Waals surface area contributed by atoms with E-state index in [0.29, 0.717) is 0 Å². The Morgan fingerprint density at radius 1 is 0.436 bits per heavy atom. The molecule has 1 nitrogen and oxygen atoms in total. The van der Waals surface area contributed by atoms with Crippen molar-refractivity contribution in [3.8, 4) is 22.3 Å². The summed E-state index contributed by atoms with van der Waals surface area (Å²) in [6.45, 7) is 0. The first-order chi connectivity index (χ1) is 19.3. The zero-order chi connectivity index (χ0) is 26.0. The van der Waals surface area contributed by atoms with Crippen LogP contribution in [-0.4, -0.2) is 0 Å². The summed E-state index contributed by atoms with van der Waals surface area (Å²) in [6, 6.07) is 52.5. The van der Waals surface area contributed by atoms with Gasteiger partial charge in [-0.05, 0) is 80.9 Å². The maximum Gasteiger partial charge on any atom is 0.0754 e. The summed E-state index contributed by atoms with van der Waals surface area (Å²) in [6.07, 6.45) is 0. The van der Waals surface area contributed by atoms with E-state index in [4.69, 9.17) is 11.6 Å². The smallest absolute Gasteiger partial charge is 0.0754 e. The molecular weight excluding hydrogens is 494 g/mol. The third-order valence-electron chi connectivity index (χ3n) is 8.32. The Kier molecular flexibility index (Phi) is 4.86. The summed E-state index contributed by atoms with van der Waals surface area (Å²) in [7, 11) is 0. The summed E-state index contributed by atoms with van der Waals surface area (Å²) in [5.74, 6) is 0. The first-order valence-corrected chi connectivity index (χ1v) is 13.7. The zero-order valence-corrected chi connectivity index (χ0v) is 21.9. The highest BCUT2D eigenvalue weighted by Gasteiger charge is 2.51. The Morgan fingerprint density at radius 3 is 1.74 bits per heavy atom. The second-order valence-electron chi connectivity index (χ2n) is 10.3. The van der Waals surface area contributed by atoms with Gasteiger partial charge in [0.1, 0.15) is 0 Å². The van der Waals surface area contributed by atoms with Crippen LogP contribution in [0.25, 0.3) is 22.3 Å². The molecule has 0 aromatic heterocycles. The predicted molar refractivity (Wildman–Crippen MR) is 162 cm³/mol. The fourth-order valence-electron chi connectivity index (χ4n) is 6.81. The largest absolute Gasteiger partial charge is 0.310 e. The molecule has 1 aliphatic carbocycles. The molecule has 8 rings (SSSR count). The van der Waals surface area contributed by atoms with Crippen LogP contribution in [0, 0.1) is 0 Å². The maximum atomic E-state index is 6.43. The Balaban J connectivity index is 1.52. The molecule has 2 aliphatic rings. The minimum atomic E-state index is -0.419. The molecule has 0 saturated carbocycles. The molecule has 6 aromatic carbocycles. The van der Waals surface area contributed by atoms with Crippen molar-refractivity contribution in [1.29, 1.82) is 0 Å². The van der Waals surface area contributed by atoms with E-state index < -0.39 is 5.41 Å². The van der Waals surface area contributed by atoms with Gasteiger partial charge in [-0.3, -0.25) is 0 Å². The van der Waals surface area contributed by atoms with E-state index in [0.717, 1.165) is 21.8 Å². The number of hydrogen-bond acceptors (Lipinski definition) is 1. The lowest BCUT2D eigenvalue weighted by Gasteiger charge is -2.45. The van der Waals surface area contributed by atoms with Crippen LogP contribution >= 0.6 is 11.6 Å². The number of anilines is 3. The molecule has 0 atom stereocenters. The van der Waals surface area contributed by atoms with Gasteiger partial charge in [-0.15, -0.1) is 0 Å². The maximum absolute atomic E-state index is 6.43. The van der Waals surface area contributed by atoms with Gasteiger partial charge < -0.3 is 4.90 Å². The molecule has 0 N–H and O–H groups in total. The lowest BCUT2D eigenvalue weighted by atomic mass is 9.64. The Morgan fingerprint density at radius 2 is 1.03 bits per heavy atom. The topological polar surface area (TPSA) is 3.24 Å². The first-order valence-electron chi connectivity index (χ1n) is 13.3. The average Bonchev–Trinajstić information content (AvgIpc) is 3.29. The van der Waals surface area contributed by atoms with Crippen LogP contribution in [0.1, 0.15) is 22.3 Å². The van der Waals surface area contributed by atoms with Gasteiger partial charge in [0, 0.05) is 10.7 Å². The Bertz CT molecular complexity index is 1840. The number of hydrogen-bond donors (Lipinski definition) is 0. The van der Waals surface area contributed by atoms with Gasteiger partial charge >= 0.3 is 0 Å². The summed E-state index contributed by atoms with van der Waals surface area (Å²) >= 11 is 6.43. The van der Waals surface area contributed by atoms with E-state index in [1.54, 1.807) is 0 Å². The summed E-state index contributed by atoms with van der Waals surface area (Å²) in [5.41, 5.74) is 13.2. The summed E-state index contributed by atoms with van der Waals surface area (Å²) < 4.78 is 0. The normalized spacial score (nSPS) is 13.9. The van der Waals surface area contributed by atoms with Crippen molar-refractivity contribution in [2.45, 2.75) is 5.41 Å². The molecule has 6 aromatic rings. The molecular formula is C37H24ClN. The van der Waals surface area contributed by atoms with E-state index in [1.165, 1.54) is 44.8 Å². The van der Waals surface area contributed by atoms with Gasteiger partial charge in [-0.2, -0.15) is 0 Å². The third-order valence-corrected chi connectivity index (χ3v) is 8.55. The van der Waals surface area contributed by atoms with Gasteiger partial charge in [0.25, 0.3) is 0 Å². The van der Waals surface area contributed by atoms with Crippen molar-refractivity contribution in [3.63, 3.8) is 0 Å². The highest BCUT2D eigenvalue weighted by atomic mass is 35.5. The Hall–Kier alpha value is -4.59.